The Morgan fingerprint density at radius 2 is 2.04 bits per heavy atom. The van der Waals surface area contributed by atoms with Crippen molar-refractivity contribution in [3.63, 3.8) is 0 Å². The summed E-state index contributed by atoms with van der Waals surface area (Å²) >= 11 is 15.5. The van der Waals surface area contributed by atoms with E-state index in [1.54, 1.807) is 26.1 Å². The van der Waals surface area contributed by atoms with Crippen LogP contribution in [0.2, 0.25) is 10.0 Å². The van der Waals surface area contributed by atoms with E-state index in [1.165, 1.54) is 21.5 Å². The summed E-state index contributed by atoms with van der Waals surface area (Å²) < 4.78 is 17.5. The van der Waals surface area contributed by atoms with Crippen LogP contribution >= 0.6 is 39.1 Å². The monoisotopic (exact) mass is 473 g/mol. The highest BCUT2D eigenvalue weighted by Gasteiger charge is 2.16. The number of rotatable bonds is 5. The number of hydrogen-bond acceptors (Lipinski definition) is 3. The summed E-state index contributed by atoms with van der Waals surface area (Å²) in [5.41, 5.74) is 1.70. The number of carbonyl (C=O) groups is 1. The first-order valence-corrected chi connectivity index (χ1v) is 9.46. The summed E-state index contributed by atoms with van der Waals surface area (Å²) in [7, 11) is 0. The number of aryl methyl sites for hydroxylation is 1. The quantitative estimate of drug-likeness (QED) is 0.588. The van der Waals surface area contributed by atoms with E-state index in [4.69, 9.17) is 23.2 Å². The summed E-state index contributed by atoms with van der Waals surface area (Å²) in [6.07, 6.45) is 1.64. The van der Waals surface area contributed by atoms with E-state index < -0.39 is 5.82 Å². The topological polar surface area (TPSA) is 64.7 Å². The molecule has 0 aliphatic carbocycles. The highest BCUT2D eigenvalue weighted by atomic mass is 79.9. The molecule has 2 heterocycles. The maximum absolute atomic E-state index is 13.9. The maximum Gasteiger partial charge on any atom is 0.247 e. The summed E-state index contributed by atoms with van der Waals surface area (Å²) in [5, 5.41) is 12.0. The second-order valence-electron chi connectivity index (χ2n) is 5.91. The van der Waals surface area contributed by atoms with Gasteiger partial charge in [0.2, 0.25) is 5.91 Å². The minimum absolute atomic E-state index is 0.00215. The molecule has 0 saturated heterocycles. The Balaban J connectivity index is 1.73. The minimum Gasteiger partial charge on any atom is -0.307 e. The van der Waals surface area contributed by atoms with Crippen LogP contribution in [0.25, 0.3) is 0 Å². The highest BCUT2D eigenvalue weighted by Crippen LogP contribution is 2.24. The van der Waals surface area contributed by atoms with E-state index in [0.717, 1.165) is 0 Å². The highest BCUT2D eigenvalue weighted by molar-refractivity contribution is 9.10. The van der Waals surface area contributed by atoms with Crippen LogP contribution in [-0.4, -0.2) is 25.5 Å². The molecule has 1 N–H and O–H groups in total. The minimum atomic E-state index is -0.416. The van der Waals surface area contributed by atoms with Crippen molar-refractivity contribution in [3.8, 4) is 0 Å². The van der Waals surface area contributed by atoms with Crippen LogP contribution in [0.15, 0.2) is 28.9 Å². The van der Waals surface area contributed by atoms with Gasteiger partial charge in [-0.05, 0) is 41.9 Å². The first-order valence-electron chi connectivity index (χ1n) is 7.91. The Hall–Kier alpha value is -1.90. The molecule has 0 spiro atoms. The second-order valence-corrected chi connectivity index (χ2v) is 7.55. The maximum atomic E-state index is 13.9. The molecule has 3 aromatic rings. The van der Waals surface area contributed by atoms with Gasteiger partial charge in [0.25, 0.3) is 0 Å². The standard InChI is InChI=1S/C17H15BrCl2FN5O/c1-9-16(20)10(2)26(23-9)8-15(27)22-17-12(18)7-25(24-17)6-11-13(19)4-3-5-14(11)21/h3-5,7H,6,8H2,1-2H3,(H,22,24,27). The van der Waals surface area contributed by atoms with E-state index in [0.29, 0.717) is 37.3 Å². The lowest BCUT2D eigenvalue weighted by Crippen LogP contribution is -2.21. The lowest BCUT2D eigenvalue weighted by Gasteiger charge is -2.06. The molecule has 6 nitrogen and oxygen atoms in total. The third-order valence-electron chi connectivity index (χ3n) is 3.94. The van der Waals surface area contributed by atoms with Crippen molar-refractivity contribution in [2.75, 3.05) is 5.32 Å². The summed E-state index contributed by atoms with van der Waals surface area (Å²) in [6, 6.07) is 4.49. The van der Waals surface area contributed by atoms with Crippen LogP contribution in [0.4, 0.5) is 10.2 Å². The average molecular weight is 475 g/mol. The molecule has 0 aliphatic heterocycles. The fourth-order valence-electron chi connectivity index (χ4n) is 2.54. The normalized spacial score (nSPS) is 11.0. The Kier molecular flexibility index (Phi) is 5.88. The predicted molar refractivity (Wildman–Crippen MR) is 106 cm³/mol. The number of nitrogens with zero attached hydrogens (tertiary/aromatic N) is 4. The van der Waals surface area contributed by atoms with Gasteiger partial charge in [0.1, 0.15) is 12.4 Å². The van der Waals surface area contributed by atoms with Crippen molar-refractivity contribution >= 4 is 50.9 Å². The van der Waals surface area contributed by atoms with Crippen LogP contribution in [0, 0.1) is 19.7 Å². The molecule has 0 bridgehead atoms. The van der Waals surface area contributed by atoms with Gasteiger partial charge in [0.05, 0.1) is 27.4 Å². The number of amides is 1. The molecule has 1 amide bonds. The van der Waals surface area contributed by atoms with Gasteiger partial charge in [-0.2, -0.15) is 10.2 Å². The zero-order chi connectivity index (χ0) is 19.7. The number of halogens is 4. The van der Waals surface area contributed by atoms with Gasteiger partial charge in [0, 0.05) is 16.8 Å². The molecule has 0 aliphatic rings. The molecule has 0 saturated carbocycles. The van der Waals surface area contributed by atoms with Crippen molar-refractivity contribution in [2.45, 2.75) is 26.9 Å². The van der Waals surface area contributed by atoms with Crippen LogP contribution in [0.1, 0.15) is 17.0 Å². The summed E-state index contributed by atoms with van der Waals surface area (Å²) in [6.45, 7) is 3.69. The van der Waals surface area contributed by atoms with Gasteiger partial charge in [-0.15, -0.1) is 0 Å². The first kappa shape index (κ1) is 19.9. The second kappa shape index (κ2) is 8.00. The Labute approximate surface area is 173 Å². The number of anilines is 1. The summed E-state index contributed by atoms with van der Waals surface area (Å²) in [4.78, 5) is 12.3. The van der Waals surface area contributed by atoms with Gasteiger partial charge in [0.15, 0.2) is 5.82 Å². The number of aromatic nitrogens is 4. The molecule has 0 radical (unpaired) electrons. The van der Waals surface area contributed by atoms with Crippen LogP contribution < -0.4 is 5.32 Å². The van der Waals surface area contributed by atoms with E-state index in [-0.39, 0.29) is 19.0 Å². The lowest BCUT2D eigenvalue weighted by atomic mass is 10.2. The van der Waals surface area contributed by atoms with Crippen LogP contribution in [-0.2, 0) is 17.9 Å². The van der Waals surface area contributed by atoms with Gasteiger partial charge in [-0.1, -0.05) is 29.3 Å². The molecule has 10 heteroatoms. The van der Waals surface area contributed by atoms with E-state index in [2.05, 4.69) is 31.4 Å². The van der Waals surface area contributed by atoms with E-state index in [9.17, 15) is 9.18 Å². The molecule has 3 rings (SSSR count). The third kappa shape index (κ3) is 4.34. The number of hydrogen-bond donors (Lipinski definition) is 1. The van der Waals surface area contributed by atoms with E-state index in [1.807, 2.05) is 0 Å². The zero-order valence-electron chi connectivity index (χ0n) is 14.4. The Bertz CT molecular complexity index is 997. The predicted octanol–water partition coefficient (Wildman–Crippen LogP) is 4.59. The van der Waals surface area contributed by atoms with Crippen molar-refractivity contribution in [1.29, 1.82) is 0 Å². The van der Waals surface area contributed by atoms with Crippen molar-refractivity contribution in [2.24, 2.45) is 0 Å². The number of carbonyl (C=O) groups excluding carboxylic acids is 1. The summed E-state index contributed by atoms with van der Waals surface area (Å²) in [5.74, 6) is -0.409. The third-order valence-corrected chi connectivity index (χ3v) is 5.42. The van der Waals surface area contributed by atoms with Crippen LogP contribution in [0.5, 0.6) is 0 Å². The lowest BCUT2D eigenvalue weighted by molar-refractivity contribution is -0.117. The van der Waals surface area contributed by atoms with E-state index >= 15 is 0 Å². The molecule has 1 aromatic carbocycles. The Morgan fingerprint density at radius 3 is 2.67 bits per heavy atom. The molecular formula is C17H15BrCl2FN5O. The largest absolute Gasteiger partial charge is 0.307 e. The molecular weight excluding hydrogens is 460 g/mol. The first-order chi connectivity index (χ1) is 12.8. The van der Waals surface area contributed by atoms with Gasteiger partial charge < -0.3 is 5.32 Å². The Morgan fingerprint density at radius 1 is 1.30 bits per heavy atom. The van der Waals surface area contributed by atoms with Gasteiger partial charge >= 0.3 is 0 Å². The number of benzene rings is 1. The number of nitrogens with one attached hydrogen (secondary N) is 1. The smallest absolute Gasteiger partial charge is 0.247 e. The zero-order valence-corrected chi connectivity index (χ0v) is 17.5. The van der Waals surface area contributed by atoms with Gasteiger partial charge in [-0.3, -0.25) is 14.2 Å². The molecule has 2 aromatic heterocycles. The van der Waals surface area contributed by atoms with Crippen LogP contribution in [0.3, 0.4) is 0 Å². The fourth-order valence-corrected chi connectivity index (χ4v) is 3.32. The molecule has 0 fully saturated rings. The fraction of sp³-hybridized carbons (Fsp3) is 0.235. The van der Waals surface area contributed by atoms with Crippen molar-refractivity contribution < 1.29 is 9.18 Å². The van der Waals surface area contributed by atoms with Crippen molar-refractivity contribution in [1.82, 2.24) is 19.6 Å². The molecule has 0 atom stereocenters. The average Bonchev–Trinajstić information content (AvgIpc) is 3.06. The van der Waals surface area contributed by atoms with Crippen molar-refractivity contribution in [3.05, 3.63) is 61.7 Å². The molecule has 27 heavy (non-hydrogen) atoms. The molecule has 142 valence electrons. The molecule has 0 unspecified atom stereocenters. The SMILES string of the molecule is Cc1nn(CC(=O)Nc2nn(Cc3c(F)cccc3Cl)cc2Br)c(C)c1Cl. The van der Waals surface area contributed by atoms with Gasteiger partial charge in [-0.25, -0.2) is 4.39 Å².